The maximum absolute atomic E-state index is 5.98. The highest BCUT2D eigenvalue weighted by atomic mass is 16.5. The zero-order valence-electron chi connectivity index (χ0n) is 17.8. The number of rotatable bonds is 4. The summed E-state index contributed by atoms with van der Waals surface area (Å²) in [7, 11) is 1.79. The van der Waals surface area contributed by atoms with E-state index in [2.05, 4.69) is 75.4 Å². The predicted octanol–water partition coefficient (Wildman–Crippen LogP) is 6.48. The number of ether oxygens (including phenoxy) is 1. The Hall–Kier alpha value is -2.45. The second kappa shape index (κ2) is 6.81. The number of methoxy groups -OCH3 is 1. The van der Waals surface area contributed by atoms with Crippen molar-refractivity contribution >= 4 is 0 Å². The first-order valence-electron chi connectivity index (χ1n) is 10.7. The summed E-state index contributed by atoms with van der Waals surface area (Å²) in [4.78, 5) is 5.21. The molecule has 1 fully saturated rings. The van der Waals surface area contributed by atoms with Gasteiger partial charge in [-0.1, -0.05) is 68.4 Å². The molecule has 3 aromatic rings. The molecule has 3 aliphatic carbocycles. The average Bonchev–Trinajstić information content (AvgIpc) is 2.74. The van der Waals surface area contributed by atoms with Gasteiger partial charge >= 0.3 is 0 Å². The second-order valence-electron chi connectivity index (χ2n) is 9.31. The summed E-state index contributed by atoms with van der Waals surface area (Å²) in [5.41, 5.74) is 9.11. The summed E-state index contributed by atoms with van der Waals surface area (Å²) in [6.07, 6.45) is 2.34. The Bertz CT molecular complexity index is 1050. The Morgan fingerprint density at radius 1 is 1.00 bits per heavy atom. The van der Waals surface area contributed by atoms with Crippen LogP contribution in [0.2, 0.25) is 0 Å². The second-order valence-corrected chi connectivity index (χ2v) is 9.31. The van der Waals surface area contributed by atoms with Crippen LogP contribution in [0, 0.1) is 18.3 Å². The van der Waals surface area contributed by atoms with Gasteiger partial charge in [0.25, 0.3) is 0 Å². The third-order valence-electron chi connectivity index (χ3n) is 7.48. The average molecular weight is 384 g/mol. The standard InChI is InChI=1S/C27H29NO/c1-17-9-8-12-21(26(29-4)18-10-6-5-7-11-18)25(17)23-14-13-20-22-15-19(27(22,2)3)16-24(20)28-23/h5-14,19,22,26H,15-16H2,1-4H3. The largest absolute Gasteiger partial charge is 0.372 e. The van der Waals surface area contributed by atoms with E-state index in [1.54, 1.807) is 7.11 Å². The fourth-order valence-corrected chi connectivity index (χ4v) is 5.58. The summed E-state index contributed by atoms with van der Waals surface area (Å²) < 4.78 is 5.98. The van der Waals surface area contributed by atoms with E-state index in [4.69, 9.17) is 9.72 Å². The first kappa shape index (κ1) is 18.6. The van der Waals surface area contributed by atoms with Crippen molar-refractivity contribution in [3.05, 3.63) is 88.6 Å². The zero-order valence-corrected chi connectivity index (χ0v) is 17.8. The van der Waals surface area contributed by atoms with Crippen molar-refractivity contribution in [1.82, 2.24) is 4.98 Å². The van der Waals surface area contributed by atoms with Crippen LogP contribution in [0.15, 0.2) is 60.7 Å². The number of aromatic nitrogens is 1. The van der Waals surface area contributed by atoms with Crippen molar-refractivity contribution in [1.29, 1.82) is 0 Å². The lowest BCUT2D eigenvalue weighted by atomic mass is 9.48. The van der Waals surface area contributed by atoms with E-state index >= 15 is 0 Å². The zero-order chi connectivity index (χ0) is 20.2. The van der Waals surface area contributed by atoms with Gasteiger partial charge in [0, 0.05) is 18.4 Å². The van der Waals surface area contributed by atoms with Crippen LogP contribution in [0.3, 0.4) is 0 Å². The highest BCUT2D eigenvalue weighted by Crippen LogP contribution is 2.61. The van der Waals surface area contributed by atoms with Crippen LogP contribution in [0.4, 0.5) is 0 Å². The van der Waals surface area contributed by atoms with Crippen LogP contribution in [0.25, 0.3) is 11.3 Å². The molecule has 29 heavy (non-hydrogen) atoms. The van der Waals surface area contributed by atoms with Crippen LogP contribution in [-0.2, 0) is 11.2 Å². The molecule has 2 aromatic carbocycles. The van der Waals surface area contributed by atoms with Crippen molar-refractivity contribution in [2.75, 3.05) is 7.11 Å². The first-order valence-corrected chi connectivity index (χ1v) is 10.7. The minimum atomic E-state index is -0.101. The molecule has 148 valence electrons. The van der Waals surface area contributed by atoms with Crippen molar-refractivity contribution in [2.24, 2.45) is 11.3 Å². The topological polar surface area (TPSA) is 22.1 Å². The number of pyridine rings is 1. The van der Waals surface area contributed by atoms with Gasteiger partial charge in [-0.15, -0.1) is 0 Å². The molecule has 0 spiro atoms. The molecular weight excluding hydrogens is 354 g/mol. The molecule has 1 saturated carbocycles. The Labute approximate surface area is 174 Å². The van der Waals surface area contributed by atoms with Crippen molar-refractivity contribution in [3.63, 3.8) is 0 Å². The van der Waals surface area contributed by atoms with Gasteiger partial charge in [-0.2, -0.15) is 0 Å². The fourth-order valence-electron chi connectivity index (χ4n) is 5.58. The van der Waals surface area contributed by atoms with E-state index in [1.165, 1.54) is 39.9 Å². The Kier molecular flexibility index (Phi) is 4.36. The number of benzene rings is 2. The maximum atomic E-state index is 5.98. The SMILES string of the molecule is COC(c1ccccc1)c1cccc(C)c1-c1ccc2c(n1)CC1CC2C1(C)C. The summed E-state index contributed by atoms with van der Waals surface area (Å²) in [5.74, 6) is 1.44. The van der Waals surface area contributed by atoms with Crippen LogP contribution >= 0.6 is 0 Å². The molecule has 0 aliphatic heterocycles. The Morgan fingerprint density at radius 3 is 2.52 bits per heavy atom. The maximum Gasteiger partial charge on any atom is 0.108 e. The van der Waals surface area contributed by atoms with E-state index < -0.39 is 0 Å². The molecule has 0 saturated heterocycles. The predicted molar refractivity (Wildman–Crippen MR) is 118 cm³/mol. The number of hydrogen-bond donors (Lipinski definition) is 0. The minimum Gasteiger partial charge on any atom is -0.372 e. The third kappa shape index (κ3) is 2.85. The lowest BCUT2D eigenvalue weighted by Crippen LogP contribution is -2.48. The van der Waals surface area contributed by atoms with Crippen LogP contribution in [0.5, 0.6) is 0 Å². The molecule has 1 heterocycles. The molecule has 3 atom stereocenters. The Morgan fingerprint density at radius 2 is 1.79 bits per heavy atom. The summed E-state index contributed by atoms with van der Waals surface area (Å²) in [6, 6.07) is 21.5. The van der Waals surface area contributed by atoms with Crippen LogP contribution in [0.1, 0.15) is 60.2 Å². The molecule has 2 bridgehead atoms. The summed E-state index contributed by atoms with van der Waals surface area (Å²) in [5, 5.41) is 0. The summed E-state index contributed by atoms with van der Waals surface area (Å²) >= 11 is 0. The van der Waals surface area contributed by atoms with Gasteiger partial charge in [0.2, 0.25) is 0 Å². The van der Waals surface area contributed by atoms with E-state index in [0.29, 0.717) is 11.3 Å². The third-order valence-corrected chi connectivity index (χ3v) is 7.48. The lowest BCUT2D eigenvalue weighted by molar-refractivity contribution is 0.0170. The van der Waals surface area contributed by atoms with Crippen molar-refractivity contribution < 1.29 is 4.74 Å². The van der Waals surface area contributed by atoms with Gasteiger partial charge in [-0.3, -0.25) is 4.98 Å². The number of hydrogen-bond acceptors (Lipinski definition) is 2. The number of nitrogens with zero attached hydrogens (tertiary/aromatic N) is 1. The number of aryl methyl sites for hydroxylation is 1. The fraction of sp³-hybridized carbons (Fsp3) is 0.370. The monoisotopic (exact) mass is 383 g/mol. The Balaban J connectivity index is 1.61. The molecule has 0 amide bonds. The molecule has 2 nitrogen and oxygen atoms in total. The lowest BCUT2D eigenvalue weighted by Gasteiger charge is -2.56. The molecule has 2 heteroatoms. The molecule has 3 aliphatic rings. The molecule has 0 N–H and O–H groups in total. The highest BCUT2D eigenvalue weighted by molar-refractivity contribution is 5.70. The van der Waals surface area contributed by atoms with Gasteiger partial charge in [0.05, 0.1) is 5.69 Å². The highest BCUT2D eigenvalue weighted by Gasteiger charge is 2.52. The van der Waals surface area contributed by atoms with Crippen molar-refractivity contribution in [2.45, 2.75) is 45.6 Å². The van der Waals surface area contributed by atoms with Crippen molar-refractivity contribution in [3.8, 4) is 11.3 Å². The van der Waals surface area contributed by atoms with Gasteiger partial charge in [-0.25, -0.2) is 0 Å². The van der Waals surface area contributed by atoms with E-state index in [9.17, 15) is 0 Å². The molecule has 6 rings (SSSR count). The normalized spacial score (nSPS) is 22.5. The van der Waals surface area contributed by atoms with Gasteiger partial charge in [0.15, 0.2) is 0 Å². The van der Waals surface area contributed by atoms with E-state index in [0.717, 1.165) is 18.0 Å². The molecule has 1 aromatic heterocycles. The van der Waals surface area contributed by atoms with Crippen LogP contribution < -0.4 is 0 Å². The minimum absolute atomic E-state index is 0.101. The van der Waals surface area contributed by atoms with E-state index in [-0.39, 0.29) is 6.10 Å². The van der Waals surface area contributed by atoms with E-state index in [1.807, 2.05) is 6.07 Å². The molecular formula is C27H29NO. The van der Waals surface area contributed by atoms with Gasteiger partial charge in [0.1, 0.15) is 6.10 Å². The molecule has 0 radical (unpaired) electrons. The molecule has 3 unspecified atom stereocenters. The van der Waals surface area contributed by atoms with Crippen LogP contribution in [-0.4, -0.2) is 12.1 Å². The summed E-state index contributed by atoms with van der Waals surface area (Å²) in [6.45, 7) is 7.02. The first-order chi connectivity index (χ1) is 14.0. The quantitative estimate of drug-likeness (QED) is 0.514. The smallest absolute Gasteiger partial charge is 0.108 e. The van der Waals surface area contributed by atoms with Gasteiger partial charge in [-0.05, 0) is 65.3 Å². The van der Waals surface area contributed by atoms with Gasteiger partial charge < -0.3 is 4.74 Å².